The standard InChI is InChI=1S/C15H26N2O3/c1-9(2)11(16)8-14(18)17-12-6-4-3-5-10(12)7-13(17)15(19)20/h9-13H,3-8,16H2,1-2H3,(H,19,20). The number of hydrogen-bond donors (Lipinski definition) is 2. The summed E-state index contributed by atoms with van der Waals surface area (Å²) in [5, 5.41) is 9.40. The van der Waals surface area contributed by atoms with E-state index in [1.54, 1.807) is 4.90 Å². The van der Waals surface area contributed by atoms with Crippen LogP contribution in [0.4, 0.5) is 0 Å². The zero-order valence-electron chi connectivity index (χ0n) is 12.4. The molecule has 4 unspecified atom stereocenters. The molecular weight excluding hydrogens is 256 g/mol. The summed E-state index contributed by atoms with van der Waals surface area (Å²) in [7, 11) is 0. The molecule has 0 aromatic heterocycles. The van der Waals surface area contributed by atoms with Gasteiger partial charge in [0.2, 0.25) is 5.91 Å². The van der Waals surface area contributed by atoms with Crippen molar-refractivity contribution in [1.82, 2.24) is 4.90 Å². The minimum absolute atomic E-state index is 0.0759. The molecule has 0 spiro atoms. The first-order valence-corrected chi connectivity index (χ1v) is 7.71. The lowest BCUT2D eigenvalue weighted by atomic mass is 9.84. The average molecular weight is 282 g/mol. The lowest BCUT2D eigenvalue weighted by Gasteiger charge is -2.34. The van der Waals surface area contributed by atoms with Crippen LogP contribution in [0.15, 0.2) is 0 Å². The highest BCUT2D eigenvalue weighted by molar-refractivity contribution is 5.85. The van der Waals surface area contributed by atoms with E-state index in [1.165, 1.54) is 0 Å². The Morgan fingerprint density at radius 1 is 1.30 bits per heavy atom. The molecule has 0 radical (unpaired) electrons. The second-order valence-corrected chi connectivity index (χ2v) is 6.61. The summed E-state index contributed by atoms with van der Waals surface area (Å²) in [4.78, 5) is 25.6. The van der Waals surface area contributed by atoms with Crippen molar-refractivity contribution in [3.8, 4) is 0 Å². The van der Waals surface area contributed by atoms with Gasteiger partial charge in [-0.15, -0.1) is 0 Å². The Kier molecular flexibility index (Phi) is 4.68. The minimum atomic E-state index is -0.870. The normalized spacial score (nSPS) is 31.2. The van der Waals surface area contributed by atoms with Crippen LogP contribution in [-0.4, -0.2) is 40.0 Å². The molecule has 5 nitrogen and oxygen atoms in total. The van der Waals surface area contributed by atoms with Crippen molar-refractivity contribution in [1.29, 1.82) is 0 Å². The highest BCUT2D eigenvalue weighted by atomic mass is 16.4. The van der Waals surface area contributed by atoms with Crippen molar-refractivity contribution in [2.24, 2.45) is 17.6 Å². The summed E-state index contributed by atoms with van der Waals surface area (Å²) in [6, 6.07) is -0.716. The third-order valence-electron chi connectivity index (χ3n) is 4.93. The van der Waals surface area contributed by atoms with E-state index in [4.69, 9.17) is 5.73 Å². The van der Waals surface area contributed by atoms with E-state index in [0.717, 1.165) is 25.7 Å². The fourth-order valence-corrected chi connectivity index (χ4v) is 3.58. The molecule has 4 atom stereocenters. The largest absolute Gasteiger partial charge is 0.480 e. The predicted octanol–water partition coefficient (Wildman–Crippen LogP) is 1.60. The number of hydrogen-bond acceptors (Lipinski definition) is 3. The SMILES string of the molecule is CC(C)C(N)CC(=O)N1C(C(=O)O)CC2CCCCC21. The molecule has 1 aliphatic carbocycles. The van der Waals surface area contributed by atoms with Gasteiger partial charge in [0.1, 0.15) is 6.04 Å². The summed E-state index contributed by atoms with van der Waals surface area (Å²) in [6.07, 6.45) is 5.10. The van der Waals surface area contributed by atoms with Crippen LogP contribution in [0, 0.1) is 11.8 Å². The Morgan fingerprint density at radius 3 is 2.55 bits per heavy atom. The maximum Gasteiger partial charge on any atom is 0.326 e. The summed E-state index contributed by atoms with van der Waals surface area (Å²) in [6.45, 7) is 3.97. The molecule has 1 amide bonds. The topological polar surface area (TPSA) is 83.6 Å². The van der Waals surface area contributed by atoms with Gasteiger partial charge in [-0.05, 0) is 31.1 Å². The number of carbonyl (C=O) groups is 2. The van der Waals surface area contributed by atoms with Crippen LogP contribution in [0.5, 0.6) is 0 Å². The summed E-state index contributed by atoms with van der Waals surface area (Å²) >= 11 is 0. The monoisotopic (exact) mass is 282 g/mol. The number of amides is 1. The summed E-state index contributed by atoms with van der Waals surface area (Å²) in [5.74, 6) is -0.352. The molecule has 3 N–H and O–H groups in total. The van der Waals surface area contributed by atoms with E-state index in [0.29, 0.717) is 12.3 Å². The number of carbonyl (C=O) groups excluding carboxylic acids is 1. The smallest absolute Gasteiger partial charge is 0.326 e. The fourth-order valence-electron chi connectivity index (χ4n) is 3.58. The molecule has 2 rings (SSSR count). The van der Waals surface area contributed by atoms with Crippen molar-refractivity contribution in [3.05, 3.63) is 0 Å². The molecular formula is C15H26N2O3. The number of aliphatic carboxylic acids is 1. The van der Waals surface area contributed by atoms with Crippen LogP contribution >= 0.6 is 0 Å². The maximum atomic E-state index is 12.5. The number of fused-ring (bicyclic) bond motifs is 1. The Balaban J connectivity index is 2.12. The molecule has 0 bridgehead atoms. The Labute approximate surface area is 120 Å². The molecule has 1 heterocycles. The first kappa shape index (κ1) is 15.3. The Hall–Kier alpha value is -1.10. The van der Waals surface area contributed by atoms with Gasteiger partial charge in [-0.1, -0.05) is 26.7 Å². The molecule has 5 heteroatoms. The number of carboxylic acids is 1. The minimum Gasteiger partial charge on any atom is -0.480 e. The molecule has 1 aliphatic heterocycles. The van der Waals surface area contributed by atoms with Crippen molar-refractivity contribution < 1.29 is 14.7 Å². The molecule has 2 aliphatic rings. The maximum absolute atomic E-state index is 12.5. The summed E-state index contributed by atoms with van der Waals surface area (Å²) < 4.78 is 0. The fraction of sp³-hybridized carbons (Fsp3) is 0.867. The molecule has 1 saturated carbocycles. The molecule has 20 heavy (non-hydrogen) atoms. The van der Waals surface area contributed by atoms with Gasteiger partial charge in [0.05, 0.1) is 0 Å². The van der Waals surface area contributed by atoms with Crippen molar-refractivity contribution in [2.45, 2.75) is 70.5 Å². The molecule has 2 fully saturated rings. The van der Waals surface area contributed by atoms with Gasteiger partial charge < -0.3 is 15.7 Å². The van der Waals surface area contributed by atoms with Crippen LogP contribution in [-0.2, 0) is 9.59 Å². The third kappa shape index (κ3) is 2.97. The van der Waals surface area contributed by atoms with Gasteiger partial charge >= 0.3 is 5.97 Å². The highest BCUT2D eigenvalue weighted by Crippen LogP contribution is 2.40. The lowest BCUT2D eigenvalue weighted by molar-refractivity contribution is -0.150. The van der Waals surface area contributed by atoms with Gasteiger partial charge in [0, 0.05) is 18.5 Å². The number of carboxylic acid groups (broad SMARTS) is 1. The van der Waals surface area contributed by atoms with Gasteiger partial charge in [-0.25, -0.2) is 4.79 Å². The Morgan fingerprint density at radius 2 is 1.95 bits per heavy atom. The second-order valence-electron chi connectivity index (χ2n) is 6.61. The van der Waals surface area contributed by atoms with Crippen LogP contribution in [0.25, 0.3) is 0 Å². The van der Waals surface area contributed by atoms with Crippen molar-refractivity contribution in [2.75, 3.05) is 0 Å². The highest BCUT2D eigenvalue weighted by Gasteiger charge is 2.47. The van der Waals surface area contributed by atoms with Gasteiger partial charge in [-0.3, -0.25) is 4.79 Å². The predicted molar refractivity (Wildman–Crippen MR) is 76.1 cm³/mol. The second kappa shape index (κ2) is 6.12. The van der Waals surface area contributed by atoms with E-state index in [1.807, 2.05) is 13.8 Å². The lowest BCUT2D eigenvalue weighted by Crippen LogP contribution is -2.48. The van der Waals surface area contributed by atoms with E-state index >= 15 is 0 Å². The first-order chi connectivity index (χ1) is 9.41. The zero-order valence-corrected chi connectivity index (χ0v) is 12.4. The Bertz CT molecular complexity index is 383. The van der Waals surface area contributed by atoms with Crippen molar-refractivity contribution >= 4 is 11.9 Å². The molecule has 1 saturated heterocycles. The van der Waals surface area contributed by atoms with Crippen LogP contribution in [0.1, 0.15) is 52.4 Å². The van der Waals surface area contributed by atoms with Gasteiger partial charge in [0.15, 0.2) is 0 Å². The van der Waals surface area contributed by atoms with E-state index < -0.39 is 12.0 Å². The first-order valence-electron chi connectivity index (χ1n) is 7.71. The number of rotatable bonds is 4. The molecule has 0 aromatic rings. The number of likely N-dealkylation sites (tertiary alicyclic amines) is 1. The van der Waals surface area contributed by atoms with Crippen LogP contribution in [0.3, 0.4) is 0 Å². The van der Waals surface area contributed by atoms with Gasteiger partial charge in [0.25, 0.3) is 0 Å². The van der Waals surface area contributed by atoms with E-state index in [9.17, 15) is 14.7 Å². The van der Waals surface area contributed by atoms with E-state index in [-0.39, 0.29) is 30.3 Å². The van der Waals surface area contributed by atoms with Crippen LogP contribution in [0.2, 0.25) is 0 Å². The number of nitrogens with zero attached hydrogens (tertiary/aromatic N) is 1. The van der Waals surface area contributed by atoms with E-state index in [2.05, 4.69) is 0 Å². The zero-order chi connectivity index (χ0) is 14.9. The quantitative estimate of drug-likeness (QED) is 0.820. The van der Waals surface area contributed by atoms with Gasteiger partial charge in [-0.2, -0.15) is 0 Å². The van der Waals surface area contributed by atoms with Crippen molar-refractivity contribution in [3.63, 3.8) is 0 Å². The van der Waals surface area contributed by atoms with Crippen LogP contribution < -0.4 is 5.73 Å². The average Bonchev–Trinajstić information content (AvgIpc) is 2.77. The third-order valence-corrected chi connectivity index (χ3v) is 4.93. The summed E-state index contributed by atoms with van der Waals surface area (Å²) in [5.41, 5.74) is 5.98. The molecule has 0 aromatic carbocycles. The molecule has 114 valence electrons. The number of nitrogens with two attached hydrogens (primary N) is 1.